The van der Waals surface area contributed by atoms with Crippen LogP contribution in [0.1, 0.15) is 52.0 Å². The molecule has 1 saturated heterocycles. The molecule has 1 aromatic carbocycles. The van der Waals surface area contributed by atoms with Crippen molar-refractivity contribution < 1.29 is 13.9 Å². The van der Waals surface area contributed by atoms with Gasteiger partial charge in [-0.25, -0.2) is 0 Å². The van der Waals surface area contributed by atoms with E-state index in [0.717, 1.165) is 25.7 Å². The molecule has 0 bridgehead atoms. The molecule has 1 aliphatic rings. The summed E-state index contributed by atoms with van der Waals surface area (Å²) in [5.41, 5.74) is 1.21. The fourth-order valence-corrected chi connectivity index (χ4v) is 4.64. The van der Waals surface area contributed by atoms with E-state index < -0.39 is 8.32 Å². The predicted octanol–water partition coefficient (Wildman–Crippen LogP) is 6.11. The number of benzene rings is 1. The van der Waals surface area contributed by atoms with Gasteiger partial charge in [0.15, 0.2) is 8.32 Å². The third-order valence-corrected chi connectivity index (χ3v) is 10.4. The first-order valence-electron chi connectivity index (χ1n) is 10.3. The molecule has 152 valence electrons. The highest BCUT2D eigenvalue weighted by Gasteiger charge is 2.41. The van der Waals surface area contributed by atoms with Crippen molar-refractivity contribution in [3.05, 3.63) is 48.6 Å². The zero-order chi connectivity index (χ0) is 19.9. The Hall–Kier alpha value is -0.943. The van der Waals surface area contributed by atoms with Crippen LogP contribution in [0.2, 0.25) is 18.1 Å². The van der Waals surface area contributed by atoms with Gasteiger partial charge in [0.05, 0.1) is 18.8 Å². The highest BCUT2D eigenvalue weighted by Crippen LogP contribution is 2.39. The molecule has 3 nitrogen and oxygen atoms in total. The third-order valence-electron chi connectivity index (χ3n) is 5.83. The Morgan fingerprint density at radius 3 is 2.44 bits per heavy atom. The zero-order valence-corrected chi connectivity index (χ0v) is 18.9. The molecule has 0 radical (unpaired) electrons. The normalized spacial score (nSPS) is 24.0. The summed E-state index contributed by atoms with van der Waals surface area (Å²) in [6, 6.07) is 10.3. The minimum absolute atomic E-state index is 0.203. The van der Waals surface area contributed by atoms with Gasteiger partial charge in [0.25, 0.3) is 0 Å². The summed E-state index contributed by atoms with van der Waals surface area (Å²) in [7, 11) is -1.77. The lowest BCUT2D eigenvalue weighted by Crippen LogP contribution is -2.47. The van der Waals surface area contributed by atoms with Gasteiger partial charge < -0.3 is 13.9 Å². The van der Waals surface area contributed by atoms with Gasteiger partial charge in [-0.2, -0.15) is 0 Å². The second-order valence-corrected chi connectivity index (χ2v) is 14.0. The van der Waals surface area contributed by atoms with Crippen LogP contribution in [-0.4, -0.2) is 33.2 Å². The summed E-state index contributed by atoms with van der Waals surface area (Å²) in [4.78, 5) is 0. The Balaban J connectivity index is 1.86. The quantitative estimate of drug-likeness (QED) is 0.289. The summed E-state index contributed by atoms with van der Waals surface area (Å²) < 4.78 is 18.9. The first kappa shape index (κ1) is 22.3. The standard InChI is InChI=1S/C23H38O3Si/c1-7-11-20-16-22(26-27(5,6)23(2,3)4)17-21(25-20)14-15-24-18-19-12-9-8-10-13-19/h7-10,12-13,20-22H,1,11,14-18H2,2-6H3/t20-,21-,22-/m0/s1. The number of ether oxygens (including phenoxy) is 2. The smallest absolute Gasteiger partial charge is 0.192 e. The van der Waals surface area contributed by atoms with E-state index in [-0.39, 0.29) is 23.4 Å². The summed E-state index contributed by atoms with van der Waals surface area (Å²) in [6.45, 7) is 16.8. The molecule has 0 N–H and O–H groups in total. The van der Waals surface area contributed by atoms with E-state index in [1.165, 1.54) is 5.56 Å². The molecule has 1 heterocycles. The van der Waals surface area contributed by atoms with E-state index in [1.807, 2.05) is 24.3 Å². The van der Waals surface area contributed by atoms with Gasteiger partial charge in [0, 0.05) is 12.7 Å². The summed E-state index contributed by atoms with van der Waals surface area (Å²) in [6.07, 6.45) is 6.40. The maximum Gasteiger partial charge on any atom is 0.192 e. The van der Waals surface area contributed by atoms with Crippen molar-refractivity contribution >= 4 is 8.32 Å². The van der Waals surface area contributed by atoms with E-state index in [1.54, 1.807) is 0 Å². The Morgan fingerprint density at radius 2 is 1.81 bits per heavy atom. The fourth-order valence-electron chi connectivity index (χ4n) is 3.26. The summed E-state index contributed by atoms with van der Waals surface area (Å²) >= 11 is 0. The SMILES string of the molecule is C=CC[C@H]1C[C@H](O[Si](C)(C)C(C)(C)C)C[C@H](CCOCc2ccccc2)O1. The molecule has 0 aliphatic carbocycles. The molecule has 1 aromatic rings. The van der Waals surface area contributed by atoms with Crippen LogP contribution in [0.5, 0.6) is 0 Å². The van der Waals surface area contributed by atoms with E-state index in [2.05, 4.69) is 52.6 Å². The maximum atomic E-state index is 6.71. The van der Waals surface area contributed by atoms with Crippen molar-refractivity contribution in [1.82, 2.24) is 0 Å². The minimum Gasteiger partial charge on any atom is -0.414 e. The van der Waals surface area contributed by atoms with Gasteiger partial charge >= 0.3 is 0 Å². The predicted molar refractivity (Wildman–Crippen MR) is 115 cm³/mol. The second-order valence-electron chi connectivity index (χ2n) is 9.20. The van der Waals surface area contributed by atoms with Crippen LogP contribution in [0.3, 0.4) is 0 Å². The molecule has 4 heteroatoms. The first-order valence-corrected chi connectivity index (χ1v) is 13.2. The monoisotopic (exact) mass is 390 g/mol. The van der Waals surface area contributed by atoms with E-state index in [4.69, 9.17) is 13.9 Å². The zero-order valence-electron chi connectivity index (χ0n) is 17.9. The largest absolute Gasteiger partial charge is 0.414 e. The lowest BCUT2D eigenvalue weighted by atomic mass is 9.97. The van der Waals surface area contributed by atoms with Crippen molar-refractivity contribution in [3.8, 4) is 0 Å². The molecule has 0 amide bonds. The number of hydrogen-bond acceptors (Lipinski definition) is 3. The lowest BCUT2D eigenvalue weighted by Gasteiger charge is -2.43. The molecule has 3 atom stereocenters. The van der Waals surface area contributed by atoms with Crippen molar-refractivity contribution in [2.75, 3.05) is 6.61 Å². The Morgan fingerprint density at radius 1 is 1.15 bits per heavy atom. The van der Waals surface area contributed by atoms with Crippen LogP contribution in [0.25, 0.3) is 0 Å². The molecule has 0 aromatic heterocycles. The molecular formula is C23H38O3Si. The molecule has 1 aliphatic heterocycles. The van der Waals surface area contributed by atoms with Crippen molar-refractivity contribution in [1.29, 1.82) is 0 Å². The van der Waals surface area contributed by atoms with E-state index in [0.29, 0.717) is 13.2 Å². The molecule has 0 spiro atoms. The molecule has 0 saturated carbocycles. The maximum absolute atomic E-state index is 6.71. The first-order chi connectivity index (χ1) is 12.7. The average molecular weight is 391 g/mol. The van der Waals surface area contributed by atoms with Crippen LogP contribution in [0.4, 0.5) is 0 Å². The highest BCUT2D eigenvalue weighted by atomic mass is 28.4. The lowest BCUT2D eigenvalue weighted by molar-refractivity contribution is -0.0994. The third kappa shape index (κ3) is 7.19. The van der Waals surface area contributed by atoms with Crippen LogP contribution < -0.4 is 0 Å². The minimum atomic E-state index is -1.77. The highest BCUT2D eigenvalue weighted by molar-refractivity contribution is 6.74. The van der Waals surface area contributed by atoms with Crippen LogP contribution in [0.15, 0.2) is 43.0 Å². The summed E-state index contributed by atoms with van der Waals surface area (Å²) in [5.74, 6) is 0. The van der Waals surface area contributed by atoms with Gasteiger partial charge in [0.1, 0.15) is 0 Å². The molecular weight excluding hydrogens is 352 g/mol. The Labute approximate surface area is 167 Å². The number of hydrogen-bond donors (Lipinski definition) is 0. The van der Waals surface area contributed by atoms with Gasteiger partial charge in [-0.05, 0) is 49.4 Å². The Bertz CT molecular complexity index is 565. The molecule has 1 fully saturated rings. The average Bonchev–Trinajstić information content (AvgIpc) is 2.58. The van der Waals surface area contributed by atoms with Crippen molar-refractivity contribution in [2.24, 2.45) is 0 Å². The molecule has 27 heavy (non-hydrogen) atoms. The summed E-state index contributed by atoms with van der Waals surface area (Å²) in [5, 5.41) is 0.230. The fraction of sp³-hybridized carbons (Fsp3) is 0.652. The number of rotatable bonds is 9. The van der Waals surface area contributed by atoms with Gasteiger partial charge in [-0.3, -0.25) is 0 Å². The molecule has 0 unspecified atom stereocenters. The van der Waals surface area contributed by atoms with Crippen molar-refractivity contribution in [2.45, 2.75) is 89.5 Å². The van der Waals surface area contributed by atoms with Gasteiger partial charge in [-0.1, -0.05) is 57.2 Å². The van der Waals surface area contributed by atoms with E-state index >= 15 is 0 Å². The van der Waals surface area contributed by atoms with Crippen LogP contribution >= 0.6 is 0 Å². The van der Waals surface area contributed by atoms with Crippen molar-refractivity contribution in [3.63, 3.8) is 0 Å². The second kappa shape index (κ2) is 10.0. The van der Waals surface area contributed by atoms with Gasteiger partial charge in [-0.15, -0.1) is 6.58 Å². The Kier molecular flexibility index (Phi) is 8.29. The topological polar surface area (TPSA) is 27.7 Å². The van der Waals surface area contributed by atoms with Gasteiger partial charge in [0.2, 0.25) is 0 Å². The van der Waals surface area contributed by atoms with E-state index in [9.17, 15) is 0 Å². The van der Waals surface area contributed by atoms with Crippen LogP contribution in [-0.2, 0) is 20.5 Å². The van der Waals surface area contributed by atoms with Crippen LogP contribution in [0, 0.1) is 0 Å². The molecule has 2 rings (SSSR count).